The Morgan fingerprint density at radius 2 is 0.534 bits per heavy atom. The van der Waals surface area contributed by atoms with Crippen LogP contribution in [0.5, 0.6) is 0 Å². The number of hydrogen-bond donors (Lipinski definition) is 0. The summed E-state index contributed by atoms with van der Waals surface area (Å²) < 4.78 is 16.9. The third-order valence-electron chi connectivity index (χ3n) is 13.1. The van der Waals surface area contributed by atoms with E-state index in [9.17, 15) is 14.4 Å². The molecule has 1 unspecified atom stereocenters. The summed E-state index contributed by atoms with van der Waals surface area (Å²) in [6.07, 6.45) is 81.2. The topological polar surface area (TPSA) is 78.9 Å². The quantitative estimate of drug-likeness (QED) is 0.0261. The Morgan fingerprint density at radius 1 is 0.288 bits per heavy atom. The van der Waals surface area contributed by atoms with Crippen molar-refractivity contribution < 1.29 is 28.6 Å². The molecule has 0 rings (SSSR count). The van der Waals surface area contributed by atoms with Crippen LogP contribution in [0, 0.1) is 0 Å². The zero-order chi connectivity index (χ0) is 52.9. The maximum atomic E-state index is 12.8. The number of hydrogen-bond acceptors (Lipinski definition) is 6. The van der Waals surface area contributed by atoms with Gasteiger partial charge in [0.05, 0.1) is 0 Å². The minimum atomic E-state index is -0.780. The Balaban J connectivity index is 4.24. The van der Waals surface area contributed by atoms with Crippen LogP contribution in [0.3, 0.4) is 0 Å². The Labute approximate surface area is 451 Å². The second-order valence-electron chi connectivity index (χ2n) is 20.2. The standard InChI is InChI=1S/C67H114O6/c1-4-7-10-13-16-19-22-24-25-26-27-28-29-30-31-32-33-34-35-36-37-38-39-40-41-43-45-48-51-54-57-60-66(69)72-63-64(62-71-65(68)59-56-53-50-47-44-21-18-15-12-9-6-3)73-67(70)61-58-55-52-49-46-42-23-20-17-14-11-8-5-2/h7,10,16,19,24-25,27-28,30-31,33-34,36-37,39-40,64H,4-6,8-9,11-15,17-18,20-23,26,29,32,35,38,41-63H2,1-3H3/b10-7-,19-16-,25-24-,28-27-,31-30-,34-33-,37-36-,40-39-. The molecule has 73 heavy (non-hydrogen) atoms. The fourth-order valence-electron chi connectivity index (χ4n) is 8.52. The zero-order valence-corrected chi connectivity index (χ0v) is 47.9. The lowest BCUT2D eigenvalue weighted by Gasteiger charge is -2.18. The number of allylic oxidation sites excluding steroid dienone is 16. The number of ether oxygens (including phenoxy) is 3. The average Bonchev–Trinajstić information content (AvgIpc) is 3.39. The van der Waals surface area contributed by atoms with Gasteiger partial charge in [0.15, 0.2) is 6.10 Å². The number of unbranched alkanes of at least 4 members (excludes halogenated alkanes) is 28. The van der Waals surface area contributed by atoms with Gasteiger partial charge in [0, 0.05) is 19.3 Å². The molecule has 0 N–H and O–H groups in total. The molecular weight excluding hydrogens is 901 g/mol. The van der Waals surface area contributed by atoms with Gasteiger partial charge in [-0.3, -0.25) is 14.4 Å². The minimum Gasteiger partial charge on any atom is -0.462 e. The Bertz CT molecular complexity index is 1440. The summed E-state index contributed by atoms with van der Waals surface area (Å²) in [6.45, 7) is 6.52. The summed E-state index contributed by atoms with van der Waals surface area (Å²) in [5.41, 5.74) is 0. The molecule has 0 amide bonds. The maximum absolute atomic E-state index is 12.8. The predicted molar refractivity (Wildman–Crippen MR) is 316 cm³/mol. The molecule has 0 saturated carbocycles. The van der Waals surface area contributed by atoms with Gasteiger partial charge in [-0.1, -0.05) is 285 Å². The zero-order valence-electron chi connectivity index (χ0n) is 47.9. The van der Waals surface area contributed by atoms with Crippen molar-refractivity contribution in [3.05, 3.63) is 97.2 Å². The van der Waals surface area contributed by atoms with Crippen LogP contribution in [-0.4, -0.2) is 37.2 Å². The van der Waals surface area contributed by atoms with Crippen LogP contribution < -0.4 is 0 Å². The van der Waals surface area contributed by atoms with Crippen molar-refractivity contribution >= 4 is 17.9 Å². The molecule has 0 saturated heterocycles. The molecule has 6 nitrogen and oxygen atoms in total. The van der Waals surface area contributed by atoms with Crippen LogP contribution >= 0.6 is 0 Å². The third kappa shape index (κ3) is 59.1. The molecule has 1 atom stereocenters. The van der Waals surface area contributed by atoms with Crippen LogP contribution in [0.4, 0.5) is 0 Å². The van der Waals surface area contributed by atoms with E-state index in [-0.39, 0.29) is 31.1 Å². The monoisotopic (exact) mass is 1010 g/mol. The highest BCUT2D eigenvalue weighted by atomic mass is 16.6. The number of esters is 3. The van der Waals surface area contributed by atoms with E-state index < -0.39 is 6.10 Å². The SMILES string of the molecule is CC/C=C\C/C=C\C/C=C\C/C=C\C/C=C\C/C=C\C/C=C\C/C=C\CCCCCCCCC(=O)OCC(COC(=O)CCCCCCCCCCCCC)OC(=O)CCCCCCCCCCCCCCC. The summed E-state index contributed by atoms with van der Waals surface area (Å²) in [5, 5.41) is 0. The van der Waals surface area contributed by atoms with E-state index in [4.69, 9.17) is 14.2 Å². The summed E-state index contributed by atoms with van der Waals surface area (Å²) in [6, 6.07) is 0. The molecule has 0 aromatic carbocycles. The van der Waals surface area contributed by atoms with Crippen LogP contribution in [0.25, 0.3) is 0 Å². The van der Waals surface area contributed by atoms with Crippen LogP contribution in [0.1, 0.15) is 290 Å². The molecular formula is C67H114O6. The van der Waals surface area contributed by atoms with E-state index in [0.29, 0.717) is 19.3 Å². The first-order chi connectivity index (χ1) is 36.0. The first kappa shape index (κ1) is 69.3. The molecule has 0 aliphatic rings. The van der Waals surface area contributed by atoms with Gasteiger partial charge < -0.3 is 14.2 Å². The molecule has 0 bridgehead atoms. The number of rotatable bonds is 55. The second-order valence-corrected chi connectivity index (χ2v) is 20.2. The second kappa shape index (κ2) is 60.9. The van der Waals surface area contributed by atoms with E-state index in [0.717, 1.165) is 122 Å². The molecule has 0 heterocycles. The summed E-state index contributed by atoms with van der Waals surface area (Å²) in [5.74, 6) is -0.886. The van der Waals surface area contributed by atoms with Crippen molar-refractivity contribution in [3.63, 3.8) is 0 Å². The molecule has 6 heteroatoms. The van der Waals surface area contributed by atoms with Gasteiger partial charge in [-0.05, 0) is 83.5 Å². The van der Waals surface area contributed by atoms with Crippen molar-refractivity contribution in [2.24, 2.45) is 0 Å². The molecule has 0 aliphatic carbocycles. The molecule has 418 valence electrons. The van der Waals surface area contributed by atoms with E-state index in [1.165, 1.54) is 128 Å². The van der Waals surface area contributed by atoms with Crippen molar-refractivity contribution in [2.45, 2.75) is 297 Å². The Kier molecular flexibility index (Phi) is 57.8. The van der Waals surface area contributed by atoms with Crippen LogP contribution in [-0.2, 0) is 28.6 Å². The van der Waals surface area contributed by atoms with E-state index in [1.807, 2.05) is 0 Å². The Morgan fingerprint density at radius 3 is 0.836 bits per heavy atom. The third-order valence-corrected chi connectivity index (χ3v) is 13.1. The van der Waals surface area contributed by atoms with Crippen molar-refractivity contribution in [3.8, 4) is 0 Å². The van der Waals surface area contributed by atoms with Gasteiger partial charge in [0.1, 0.15) is 13.2 Å². The summed E-state index contributed by atoms with van der Waals surface area (Å²) >= 11 is 0. The fraction of sp³-hybridized carbons (Fsp3) is 0.716. The molecule has 0 aromatic heterocycles. The van der Waals surface area contributed by atoms with Gasteiger partial charge in [0.25, 0.3) is 0 Å². The first-order valence-corrected chi connectivity index (χ1v) is 30.7. The first-order valence-electron chi connectivity index (χ1n) is 30.7. The normalized spacial score (nSPS) is 12.8. The molecule has 0 fully saturated rings. The smallest absolute Gasteiger partial charge is 0.306 e. The average molecular weight is 1020 g/mol. The van der Waals surface area contributed by atoms with Gasteiger partial charge in [0.2, 0.25) is 0 Å². The van der Waals surface area contributed by atoms with Crippen LogP contribution in [0.15, 0.2) is 97.2 Å². The number of carbonyl (C=O) groups excluding carboxylic acids is 3. The van der Waals surface area contributed by atoms with E-state index >= 15 is 0 Å². The largest absolute Gasteiger partial charge is 0.462 e. The molecule has 0 aliphatic heterocycles. The van der Waals surface area contributed by atoms with E-state index in [1.54, 1.807) is 0 Å². The van der Waals surface area contributed by atoms with Crippen molar-refractivity contribution in [2.75, 3.05) is 13.2 Å². The van der Waals surface area contributed by atoms with Crippen molar-refractivity contribution in [1.82, 2.24) is 0 Å². The van der Waals surface area contributed by atoms with Gasteiger partial charge in [-0.2, -0.15) is 0 Å². The van der Waals surface area contributed by atoms with Gasteiger partial charge in [-0.15, -0.1) is 0 Å². The predicted octanol–water partition coefficient (Wildman–Crippen LogP) is 20.9. The highest BCUT2D eigenvalue weighted by Crippen LogP contribution is 2.16. The van der Waals surface area contributed by atoms with E-state index in [2.05, 4.69) is 118 Å². The fourth-order valence-corrected chi connectivity index (χ4v) is 8.52. The lowest BCUT2D eigenvalue weighted by Crippen LogP contribution is -2.30. The summed E-state index contributed by atoms with van der Waals surface area (Å²) in [4.78, 5) is 38.1. The summed E-state index contributed by atoms with van der Waals surface area (Å²) in [7, 11) is 0. The minimum absolute atomic E-state index is 0.0779. The molecule has 0 spiro atoms. The maximum Gasteiger partial charge on any atom is 0.306 e. The molecule has 0 aromatic rings. The number of carbonyl (C=O) groups is 3. The Hall–Kier alpha value is -3.67. The molecule has 0 radical (unpaired) electrons. The lowest BCUT2D eigenvalue weighted by atomic mass is 10.0. The highest BCUT2D eigenvalue weighted by molar-refractivity contribution is 5.71. The lowest BCUT2D eigenvalue weighted by molar-refractivity contribution is -0.167. The van der Waals surface area contributed by atoms with Gasteiger partial charge >= 0.3 is 17.9 Å². The van der Waals surface area contributed by atoms with Crippen molar-refractivity contribution in [1.29, 1.82) is 0 Å². The highest BCUT2D eigenvalue weighted by Gasteiger charge is 2.19. The van der Waals surface area contributed by atoms with Gasteiger partial charge in [-0.25, -0.2) is 0 Å². The van der Waals surface area contributed by atoms with Crippen LogP contribution in [0.2, 0.25) is 0 Å².